The molecule has 0 aliphatic rings. The molecular formula is C19H21N5O2. The van der Waals surface area contributed by atoms with Crippen LogP contribution < -0.4 is 20.1 Å². The minimum atomic E-state index is 0.368. The van der Waals surface area contributed by atoms with Gasteiger partial charge in [0.2, 0.25) is 5.95 Å². The van der Waals surface area contributed by atoms with Crippen LogP contribution in [-0.4, -0.2) is 28.9 Å². The number of hydrogen-bond acceptors (Lipinski definition) is 7. The third-order valence-corrected chi connectivity index (χ3v) is 3.61. The second-order valence-corrected chi connectivity index (χ2v) is 5.55. The molecule has 0 aliphatic heterocycles. The summed E-state index contributed by atoms with van der Waals surface area (Å²) < 4.78 is 11.0. The molecule has 0 fully saturated rings. The first-order chi connectivity index (χ1) is 12.7. The van der Waals surface area contributed by atoms with Gasteiger partial charge in [-0.05, 0) is 43.7 Å². The number of aryl methyl sites for hydroxylation is 1. The molecule has 0 radical (unpaired) electrons. The van der Waals surface area contributed by atoms with E-state index in [1.54, 1.807) is 13.3 Å². The van der Waals surface area contributed by atoms with E-state index in [4.69, 9.17) is 9.47 Å². The van der Waals surface area contributed by atoms with Gasteiger partial charge >= 0.3 is 0 Å². The Morgan fingerprint density at radius 1 is 1.00 bits per heavy atom. The molecule has 1 aromatic heterocycles. The van der Waals surface area contributed by atoms with Crippen molar-refractivity contribution in [1.29, 1.82) is 0 Å². The monoisotopic (exact) mass is 351 g/mol. The molecule has 134 valence electrons. The molecular weight excluding hydrogens is 330 g/mol. The summed E-state index contributed by atoms with van der Waals surface area (Å²) in [6.45, 7) is 4.54. The van der Waals surface area contributed by atoms with Crippen LogP contribution in [-0.2, 0) is 0 Å². The lowest BCUT2D eigenvalue weighted by Crippen LogP contribution is -2.04. The Kier molecular flexibility index (Phi) is 5.48. The molecule has 0 saturated heterocycles. The maximum absolute atomic E-state index is 5.62. The third kappa shape index (κ3) is 4.18. The molecule has 0 spiro atoms. The predicted molar refractivity (Wildman–Crippen MR) is 102 cm³/mol. The first kappa shape index (κ1) is 17.5. The van der Waals surface area contributed by atoms with Crippen molar-refractivity contribution < 1.29 is 9.47 Å². The summed E-state index contributed by atoms with van der Waals surface area (Å²) in [7, 11) is 1.62. The summed E-state index contributed by atoms with van der Waals surface area (Å²) in [4.78, 5) is 4.46. The van der Waals surface area contributed by atoms with E-state index in [0.717, 1.165) is 22.7 Å². The average molecular weight is 351 g/mol. The van der Waals surface area contributed by atoms with Crippen LogP contribution in [0, 0.1) is 6.92 Å². The lowest BCUT2D eigenvalue weighted by Gasteiger charge is -2.13. The number of ether oxygens (including phenoxy) is 2. The Morgan fingerprint density at radius 2 is 1.85 bits per heavy atom. The minimum Gasteiger partial charge on any atom is -0.495 e. The lowest BCUT2D eigenvalue weighted by molar-refractivity contribution is 0.342. The van der Waals surface area contributed by atoms with Crippen molar-refractivity contribution in [2.75, 3.05) is 24.4 Å². The van der Waals surface area contributed by atoms with Crippen LogP contribution in [0.1, 0.15) is 12.5 Å². The molecule has 7 nitrogen and oxygen atoms in total. The van der Waals surface area contributed by atoms with Crippen LogP contribution in [0.25, 0.3) is 0 Å². The molecule has 0 aliphatic carbocycles. The Labute approximate surface area is 152 Å². The van der Waals surface area contributed by atoms with Crippen LogP contribution >= 0.6 is 0 Å². The van der Waals surface area contributed by atoms with E-state index in [-0.39, 0.29) is 0 Å². The number of nitrogens with one attached hydrogen (secondary N) is 2. The van der Waals surface area contributed by atoms with Gasteiger partial charge in [-0.2, -0.15) is 10.1 Å². The fourth-order valence-corrected chi connectivity index (χ4v) is 2.45. The zero-order valence-electron chi connectivity index (χ0n) is 15.0. The summed E-state index contributed by atoms with van der Waals surface area (Å²) in [5, 5.41) is 14.4. The number of hydrogen-bond donors (Lipinski definition) is 2. The molecule has 7 heteroatoms. The summed E-state index contributed by atoms with van der Waals surface area (Å²) in [5.41, 5.74) is 2.69. The number of benzene rings is 2. The normalized spacial score (nSPS) is 10.3. The van der Waals surface area contributed by atoms with E-state index >= 15 is 0 Å². The van der Waals surface area contributed by atoms with Gasteiger partial charge < -0.3 is 20.1 Å². The number of aromatic nitrogens is 3. The van der Waals surface area contributed by atoms with Gasteiger partial charge in [0.1, 0.15) is 11.5 Å². The fourth-order valence-electron chi connectivity index (χ4n) is 2.45. The number of rotatable bonds is 7. The van der Waals surface area contributed by atoms with Crippen molar-refractivity contribution in [3.05, 3.63) is 54.2 Å². The topological polar surface area (TPSA) is 81.2 Å². The molecule has 26 heavy (non-hydrogen) atoms. The Hall–Kier alpha value is -3.35. The number of anilines is 4. The van der Waals surface area contributed by atoms with Crippen molar-refractivity contribution >= 4 is 23.1 Å². The van der Waals surface area contributed by atoms with E-state index in [2.05, 4.69) is 25.8 Å². The zero-order chi connectivity index (χ0) is 18.4. The van der Waals surface area contributed by atoms with Gasteiger partial charge in [-0.15, -0.1) is 5.10 Å². The number of nitrogens with zero attached hydrogens (tertiary/aromatic N) is 3. The van der Waals surface area contributed by atoms with Crippen LogP contribution in [0.3, 0.4) is 0 Å². The predicted octanol–water partition coefficient (Wildman–Crippen LogP) is 4.07. The molecule has 0 unspecified atom stereocenters. The Balaban J connectivity index is 1.82. The van der Waals surface area contributed by atoms with E-state index < -0.39 is 0 Å². The highest BCUT2D eigenvalue weighted by Gasteiger charge is 2.08. The first-order valence-electron chi connectivity index (χ1n) is 8.30. The second kappa shape index (κ2) is 8.15. The largest absolute Gasteiger partial charge is 0.495 e. The molecule has 0 atom stereocenters. The number of methoxy groups -OCH3 is 1. The zero-order valence-corrected chi connectivity index (χ0v) is 15.0. The summed E-state index contributed by atoms with van der Waals surface area (Å²) in [6, 6.07) is 13.5. The lowest BCUT2D eigenvalue weighted by atomic mass is 10.2. The number of para-hydroxylation sites is 2. The van der Waals surface area contributed by atoms with Gasteiger partial charge in [0.05, 0.1) is 31.3 Å². The quantitative estimate of drug-likeness (QED) is 0.664. The molecule has 0 saturated carbocycles. The van der Waals surface area contributed by atoms with Gasteiger partial charge in [0, 0.05) is 0 Å². The molecule has 3 rings (SSSR count). The van der Waals surface area contributed by atoms with Crippen LogP contribution in [0.4, 0.5) is 23.1 Å². The highest BCUT2D eigenvalue weighted by atomic mass is 16.5. The fraction of sp³-hybridized carbons (Fsp3) is 0.211. The van der Waals surface area contributed by atoms with Gasteiger partial charge in [-0.25, -0.2) is 0 Å². The second-order valence-electron chi connectivity index (χ2n) is 5.55. The van der Waals surface area contributed by atoms with E-state index in [1.807, 2.05) is 56.3 Å². The molecule has 1 heterocycles. The van der Waals surface area contributed by atoms with Crippen LogP contribution in [0.2, 0.25) is 0 Å². The summed E-state index contributed by atoms with van der Waals surface area (Å²) in [5.74, 6) is 2.39. The first-order valence-corrected chi connectivity index (χ1v) is 8.30. The molecule has 0 bridgehead atoms. The van der Waals surface area contributed by atoms with E-state index in [1.165, 1.54) is 0 Å². The highest BCUT2D eigenvalue weighted by molar-refractivity contribution is 5.66. The summed E-state index contributed by atoms with van der Waals surface area (Å²) in [6.07, 6.45) is 1.56. The van der Waals surface area contributed by atoms with Crippen molar-refractivity contribution in [2.24, 2.45) is 0 Å². The van der Waals surface area contributed by atoms with Crippen molar-refractivity contribution in [2.45, 2.75) is 13.8 Å². The van der Waals surface area contributed by atoms with Gasteiger partial charge in [-0.1, -0.05) is 18.2 Å². The smallest absolute Gasteiger partial charge is 0.249 e. The van der Waals surface area contributed by atoms with Crippen LogP contribution in [0.15, 0.2) is 48.7 Å². The SMILES string of the molecule is CCOc1ccccc1Nc1cnnc(Nc2cc(C)ccc2OC)n1. The van der Waals surface area contributed by atoms with E-state index in [0.29, 0.717) is 24.1 Å². The van der Waals surface area contributed by atoms with Gasteiger partial charge in [-0.3, -0.25) is 0 Å². The Bertz CT molecular complexity index is 885. The van der Waals surface area contributed by atoms with Crippen molar-refractivity contribution in [3.8, 4) is 11.5 Å². The maximum atomic E-state index is 5.62. The van der Waals surface area contributed by atoms with Gasteiger partial charge in [0.15, 0.2) is 5.82 Å². The maximum Gasteiger partial charge on any atom is 0.249 e. The van der Waals surface area contributed by atoms with E-state index in [9.17, 15) is 0 Å². The molecule has 0 amide bonds. The van der Waals surface area contributed by atoms with Crippen molar-refractivity contribution in [3.63, 3.8) is 0 Å². The minimum absolute atomic E-state index is 0.368. The van der Waals surface area contributed by atoms with Crippen molar-refractivity contribution in [1.82, 2.24) is 15.2 Å². The molecule has 3 aromatic rings. The average Bonchev–Trinajstić information content (AvgIpc) is 2.64. The van der Waals surface area contributed by atoms with Gasteiger partial charge in [0.25, 0.3) is 0 Å². The molecule has 2 N–H and O–H groups in total. The standard InChI is InChI=1S/C19H21N5O2/c1-4-26-17-8-6-5-7-14(17)21-18-12-20-24-19(23-18)22-15-11-13(2)9-10-16(15)25-3/h5-12H,4H2,1-3H3,(H2,21,22,23,24). The van der Waals surface area contributed by atoms with Crippen LogP contribution in [0.5, 0.6) is 11.5 Å². The molecule has 2 aromatic carbocycles. The Morgan fingerprint density at radius 3 is 2.65 bits per heavy atom. The summed E-state index contributed by atoms with van der Waals surface area (Å²) >= 11 is 0. The third-order valence-electron chi connectivity index (χ3n) is 3.61. The highest BCUT2D eigenvalue weighted by Crippen LogP contribution is 2.29.